The second kappa shape index (κ2) is 5.12. The number of benzene rings is 1. The van der Waals surface area contributed by atoms with Crippen LogP contribution in [-0.4, -0.2) is 18.2 Å². The van der Waals surface area contributed by atoms with Gasteiger partial charge in [-0.15, -0.1) is 0 Å². The number of carboxylic acids is 1. The zero-order chi connectivity index (χ0) is 15.0. The van der Waals surface area contributed by atoms with Gasteiger partial charge in [-0.05, 0) is 31.2 Å². The summed E-state index contributed by atoms with van der Waals surface area (Å²) in [6.45, 7) is 6.30. The molecule has 3 nitrogen and oxygen atoms in total. The normalized spacial score (nSPS) is 19.2. The molecule has 0 spiro atoms. The van der Waals surface area contributed by atoms with Crippen molar-refractivity contribution in [2.24, 2.45) is 5.41 Å². The van der Waals surface area contributed by atoms with E-state index in [0.717, 1.165) is 24.0 Å². The average molecular weight is 276 g/mol. The number of rotatable bonds is 5. The molecule has 1 saturated carbocycles. The lowest BCUT2D eigenvalue weighted by molar-refractivity contribution is -0.155. The van der Waals surface area contributed by atoms with E-state index in [9.17, 15) is 9.90 Å². The van der Waals surface area contributed by atoms with Gasteiger partial charge in [0.2, 0.25) is 0 Å². The van der Waals surface area contributed by atoms with Crippen molar-refractivity contribution in [2.75, 3.05) is 7.11 Å². The van der Waals surface area contributed by atoms with Gasteiger partial charge < -0.3 is 9.84 Å². The van der Waals surface area contributed by atoms with Crippen LogP contribution in [0.25, 0.3) is 0 Å². The average Bonchev–Trinajstić information content (AvgIpc) is 2.39. The molecule has 0 bridgehead atoms. The lowest BCUT2D eigenvalue weighted by Crippen LogP contribution is -2.54. The summed E-state index contributed by atoms with van der Waals surface area (Å²) in [5.41, 5.74) is 1.31. The first-order valence-electron chi connectivity index (χ1n) is 7.31. The number of carbonyl (C=O) groups is 1. The predicted octanol–water partition coefficient (Wildman–Crippen LogP) is 3.93. The van der Waals surface area contributed by atoms with Crippen molar-refractivity contribution in [1.82, 2.24) is 0 Å². The lowest BCUT2D eigenvalue weighted by atomic mass is 9.48. The highest BCUT2D eigenvalue weighted by atomic mass is 16.5. The van der Waals surface area contributed by atoms with Crippen LogP contribution >= 0.6 is 0 Å². The molecule has 0 heterocycles. The van der Waals surface area contributed by atoms with Crippen molar-refractivity contribution in [2.45, 2.75) is 51.9 Å². The third-order valence-corrected chi connectivity index (χ3v) is 5.13. The van der Waals surface area contributed by atoms with E-state index in [-0.39, 0.29) is 5.41 Å². The number of aliphatic carboxylic acids is 1. The minimum atomic E-state index is -0.774. The maximum atomic E-state index is 11.9. The Balaban J connectivity index is 2.47. The largest absolute Gasteiger partial charge is 0.496 e. The minimum Gasteiger partial charge on any atom is -0.496 e. The summed E-state index contributed by atoms with van der Waals surface area (Å²) >= 11 is 0. The Morgan fingerprint density at radius 2 is 1.90 bits per heavy atom. The Morgan fingerprint density at radius 1 is 1.30 bits per heavy atom. The second-order valence-corrected chi connectivity index (χ2v) is 6.15. The van der Waals surface area contributed by atoms with Gasteiger partial charge in [-0.1, -0.05) is 44.4 Å². The Labute approximate surface area is 121 Å². The Morgan fingerprint density at radius 3 is 2.35 bits per heavy atom. The molecular weight excluding hydrogens is 252 g/mol. The monoisotopic (exact) mass is 276 g/mol. The summed E-state index contributed by atoms with van der Waals surface area (Å²) in [6, 6.07) is 5.82. The van der Waals surface area contributed by atoms with Gasteiger partial charge in [-0.3, -0.25) is 4.79 Å². The molecule has 0 radical (unpaired) electrons. The van der Waals surface area contributed by atoms with E-state index in [0.29, 0.717) is 18.6 Å². The van der Waals surface area contributed by atoms with E-state index in [1.165, 1.54) is 0 Å². The van der Waals surface area contributed by atoms with Crippen LogP contribution in [0.4, 0.5) is 0 Å². The van der Waals surface area contributed by atoms with E-state index in [4.69, 9.17) is 4.74 Å². The SMILES string of the molecule is CCC1(CC)CC(C(=O)O)(c2cc(C)ccc2OC)C1. The third kappa shape index (κ3) is 2.09. The van der Waals surface area contributed by atoms with Crippen LogP contribution in [0, 0.1) is 12.3 Å². The molecule has 1 aromatic rings. The number of hydrogen-bond acceptors (Lipinski definition) is 2. The van der Waals surface area contributed by atoms with Gasteiger partial charge >= 0.3 is 5.97 Å². The van der Waals surface area contributed by atoms with Crippen molar-refractivity contribution in [3.05, 3.63) is 29.3 Å². The molecule has 0 aliphatic heterocycles. The summed E-state index contributed by atoms with van der Waals surface area (Å²) < 4.78 is 5.40. The molecule has 0 atom stereocenters. The number of aryl methyl sites for hydroxylation is 1. The molecule has 0 amide bonds. The zero-order valence-corrected chi connectivity index (χ0v) is 12.8. The molecule has 0 unspecified atom stereocenters. The highest BCUT2D eigenvalue weighted by Crippen LogP contribution is 2.60. The molecule has 1 fully saturated rings. The molecule has 1 N–H and O–H groups in total. The van der Waals surface area contributed by atoms with Gasteiger partial charge in [0.15, 0.2) is 0 Å². The van der Waals surface area contributed by atoms with E-state index in [1.54, 1.807) is 7.11 Å². The molecule has 1 aliphatic carbocycles. The standard InChI is InChI=1S/C17H24O3/c1-5-16(6-2)10-17(11-16,15(18)19)13-9-12(3)7-8-14(13)20-4/h7-9H,5-6,10-11H2,1-4H3,(H,18,19). The predicted molar refractivity (Wildman–Crippen MR) is 79.3 cm³/mol. The van der Waals surface area contributed by atoms with E-state index in [1.807, 2.05) is 25.1 Å². The second-order valence-electron chi connectivity index (χ2n) is 6.15. The quantitative estimate of drug-likeness (QED) is 0.886. The van der Waals surface area contributed by atoms with Crippen LogP contribution in [0.1, 0.15) is 50.7 Å². The zero-order valence-electron chi connectivity index (χ0n) is 12.8. The van der Waals surface area contributed by atoms with Crippen molar-refractivity contribution < 1.29 is 14.6 Å². The van der Waals surface area contributed by atoms with E-state index >= 15 is 0 Å². The summed E-state index contributed by atoms with van der Waals surface area (Å²) in [6.07, 6.45) is 3.49. The van der Waals surface area contributed by atoms with Crippen molar-refractivity contribution in [3.63, 3.8) is 0 Å². The van der Waals surface area contributed by atoms with Crippen LogP contribution in [-0.2, 0) is 10.2 Å². The molecule has 20 heavy (non-hydrogen) atoms. The Bertz CT molecular complexity index is 507. The summed E-state index contributed by atoms with van der Waals surface area (Å²) in [5, 5.41) is 9.82. The van der Waals surface area contributed by atoms with Gasteiger partial charge in [0, 0.05) is 5.56 Å². The van der Waals surface area contributed by atoms with Crippen molar-refractivity contribution in [1.29, 1.82) is 0 Å². The number of methoxy groups -OCH3 is 1. The summed E-state index contributed by atoms with van der Waals surface area (Å²) in [5.74, 6) is -0.0299. The van der Waals surface area contributed by atoms with Crippen LogP contribution in [0.5, 0.6) is 5.75 Å². The van der Waals surface area contributed by atoms with Crippen LogP contribution in [0.2, 0.25) is 0 Å². The number of hydrogen-bond donors (Lipinski definition) is 1. The fraction of sp³-hybridized carbons (Fsp3) is 0.588. The van der Waals surface area contributed by atoms with E-state index in [2.05, 4.69) is 13.8 Å². The fourth-order valence-corrected chi connectivity index (χ4v) is 3.63. The maximum absolute atomic E-state index is 11.9. The molecule has 2 rings (SSSR count). The molecule has 0 saturated heterocycles. The van der Waals surface area contributed by atoms with Gasteiger partial charge in [0.25, 0.3) is 0 Å². The van der Waals surface area contributed by atoms with Crippen molar-refractivity contribution >= 4 is 5.97 Å². The number of carboxylic acid groups (broad SMARTS) is 1. The topological polar surface area (TPSA) is 46.5 Å². The first kappa shape index (κ1) is 14.9. The third-order valence-electron chi connectivity index (χ3n) is 5.13. The van der Waals surface area contributed by atoms with Crippen LogP contribution < -0.4 is 4.74 Å². The Hall–Kier alpha value is -1.51. The van der Waals surface area contributed by atoms with Crippen molar-refractivity contribution in [3.8, 4) is 5.75 Å². The summed E-state index contributed by atoms with van der Waals surface area (Å²) in [4.78, 5) is 11.9. The smallest absolute Gasteiger partial charge is 0.314 e. The Kier molecular flexibility index (Phi) is 3.81. The molecule has 1 aliphatic rings. The van der Waals surface area contributed by atoms with E-state index < -0.39 is 11.4 Å². The first-order valence-corrected chi connectivity index (χ1v) is 7.31. The lowest BCUT2D eigenvalue weighted by Gasteiger charge is -2.54. The minimum absolute atomic E-state index is 0.174. The highest BCUT2D eigenvalue weighted by molar-refractivity contribution is 5.84. The van der Waals surface area contributed by atoms with Gasteiger partial charge in [0.05, 0.1) is 12.5 Å². The fourth-order valence-electron chi connectivity index (χ4n) is 3.63. The molecule has 1 aromatic carbocycles. The summed E-state index contributed by atoms with van der Waals surface area (Å²) in [7, 11) is 1.61. The van der Waals surface area contributed by atoms with Gasteiger partial charge in [0.1, 0.15) is 5.75 Å². The first-order chi connectivity index (χ1) is 9.43. The maximum Gasteiger partial charge on any atom is 0.314 e. The molecular formula is C17H24O3. The molecule has 0 aromatic heterocycles. The van der Waals surface area contributed by atoms with Gasteiger partial charge in [-0.25, -0.2) is 0 Å². The highest BCUT2D eigenvalue weighted by Gasteiger charge is 2.59. The van der Waals surface area contributed by atoms with Crippen LogP contribution in [0.3, 0.4) is 0 Å². The van der Waals surface area contributed by atoms with Gasteiger partial charge in [-0.2, -0.15) is 0 Å². The molecule has 3 heteroatoms. The van der Waals surface area contributed by atoms with Crippen LogP contribution in [0.15, 0.2) is 18.2 Å². The molecule has 110 valence electrons. The number of ether oxygens (including phenoxy) is 1.